The highest BCUT2D eigenvalue weighted by Gasteiger charge is 2.26. The fraction of sp³-hybridized carbons (Fsp3) is 0.182. The van der Waals surface area contributed by atoms with Crippen molar-refractivity contribution in [2.45, 2.75) is 37.5 Å². The van der Waals surface area contributed by atoms with E-state index < -0.39 is 9.84 Å². The largest absolute Gasteiger partial charge is 0.289 e. The third-order valence-electron chi connectivity index (χ3n) is 4.41. The molecule has 0 aliphatic rings. The molecule has 0 unspecified atom stereocenters. The maximum Gasteiger partial charge on any atom is 0.207 e. The molecule has 0 amide bonds. The Morgan fingerprint density at radius 1 is 0.741 bits per heavy atom. The first-order valence-corrected chi connectivity index (χ1v) is 9.83. The van der Waals surface area contributed by atoms with Gasteiger partial charge in [0.25, 0.3) is 0 Å². The Kier molecular flexibility index (Phi) is 5.66. The summed E-state index contributed by atoms with van der Waals surface area (Å²) >= 11 is 0. The van der Waals surface area contributed by atoms with E-state index in [2.05, 4.69) is 13.2 Å². The van der Waals surface area contributed by atoms with Crippen LogP contribution in [0.1, 0.15) is 45.7 Å². The van der Waals surface area contributed by atoms with E-state index in [0.29, 0.717) is 33.4 Å². The first kappa shape index (κ1) is 20.5. The van der Waals surface area contributed by atoms with Gasteiger partial charge in [-0.3, -0.25) is 9.59 Å². The van der Waals surface area contributed by atoms with Crippen molar-refractivity contribution in [3.8, 4) is 0 Å². The number of hydrogen-bond donors (Lipinski definition) is 0. The van der Waals surface area contributed by atoms with E-state index in [4.69, 9.17) is 0 Å². The summed E-state index contributed by atoms with van der Waals surface area (Å²) in [5, 5.41) is 0. The van der Waals surface area contributed by atoms with Gasteiger partial charge in [-0.25, -0.2) is 8.42 Å². The summed E-state index contributed by atoms with van der Waals surface area (Å²) in [4.78, 5) is 24.7. The summed E-state index contributed by atoms with van der Waals surface area (Å²) < 4.78 is 26.6. The van der Waals surface area contributed by atoms with Crippen molar-refractivity contribution in [3.05, 3.63) is 83.0 Å². The predicted molar refractivity (Wildman–Crippen MR) is 106 cm³/mol. The van der Waals surface area contributed by atoms with E-state index in [1.807, 2.05) is 0 Å². The molecule has 2 aromatic rings. The number of benzene rings is 2. The zero-order chi connectivity index (χ0) is 20.5. The number of carbonyl (C=O) groups excluding carboxylic acids is 2. The molecule has 4 nitrogen and oxygen atoms in total. The van der Waals surface area contributed by atoms with Gasteiger partial charge in [-0.15, -0.1) is 0 Å². The monoisotopic (exact) mass is 382 g/mol. The fourth-order valence-electron chi connectivity index (χ4n) is 2.88. The van der Waals surface area contributed by atoms with E-state index in [0.717, 1.165) is 0 Å². The van der Waals surface area contributed by atoms with Crippen LogP contribution in [0.2, 0.25) is 0 Å². The van der Waals surface area contributed by atoms with Crippen LogP contribution in [-0.2, 0) is 9.84 Å². The van der Waals surface area contributed by atoms with Crippen molar-refractivity contribution in [3.63, 3.8) is 0 Å². The SMILES string of the molecule is C=C(C)C(=O)c1cccc(S(=O)(=O)c2cccc(C(=O)C(=C)C)c2C)c1C. The number of sulfone groups is 1. The van der Waals surface area contributed by atoms with Gasteiger partial charge in [0.2, 0.25) is 9.84 Å². The number of Topliss-reactive ketones (excluding diaryl/α,β-unsaturated/α-hetero) is 2. The third kappa shape index (κ3) is 3.69. The van der Waals surface area contributed by atoms with Crippen LogP contribution in [0, 0.1) is 13.8 Å². The second-order valence-electron chi connectivity index (χ2n) is 6.58. The van der Waals surface area contributed by atoms with Crippen LogP contribution in [0.4, 0.5) is 0 Å². The Hall–Kier alpha value is -2.79. The highest BCUT2D eigenvalue weighted by molar-refractivity contribution is 7.91. The van der Waals surface area contributed by atoms with Crippen molar-refractivity contribution in [1.82, 2.24) is 0 Å². The van der Waals surface area contributed by atoms with Gasteiger partial charge in [0.1, 0.15) is 0 Å². The molecule has 5 heteroatoms. The Labute approximate surface area is 160 Å². The Bertz CT molecular complexity index is 1010. The van der Waals surface area contributed by atoms with Crippen LogP contribution in [0.5, 0.6) is 0 Å². The molecule has 140 valence electrons. The summed E-state index contributed by atoms with van der Waals surface area (Å²) in [5.74, 6) is -0.597. The van der Waals surface area contributed by atoms with E-state index >= 15 is 0 Å². The van der Waals surface area contributed by atoms with E-state index in [9.17, 15) is 18.0 Å². The topological polar surface area (TPSA) is 68.3 Å². The van der Waals surface area contributed by atoms with Crippen molar-refractivity contribution in [2.24, 2.45) is 0 Å². The highest BCUT2D eigenvalue weighted by Crippen LogP contribution is 2.30. The van der Waals surface area contributed by atoms with Crippen LogP contribution in [0.25, 0.3) is 0 Å². The van der Waals surface area contributed by atoms with Crippen LogP contribution in [-0.4, -0.2) is 20.0 Å². The molecular weight excluding hydrogens is 360 g/mol. The minimum Gasteiger partial charge on any atom is -0.289 e. The average molecular weight is 382 g/mol. The van der Waals surface area contributed by atoms with Gasteiger partial charge in [-0.1, -0.05) is 37.4 Å². The lowest BCUT2D eigenvalue weighted by molar-refractivity contribution is 0.102. The summed E-state index contributed by atoms with van der Waals surface area (Å²) in [5.41, 5.74) is 1.99. The minimum atomic E-state index is -3.93. The lowest BCUT2D eigenvalue weighted by Gasteiger charge is -2.15. The first-order valence-electron chi connectivity index (χ1n) is 8.34. The summed E-state index contributed by atoms with van der Waals surface area (Å²) in [6.07, 6.45) is 0. The molecule has 0 aliphatic carbocycles. The van der Waals surface area contributed by atoms with Gasteiger partial charge >= 0.3 is 0 Å². The van der Waals surface area contributed by atoms with Gasteiger partial charge in [0.15, 0.2) is 11.6 Å². The Morgan fingerprint density at radius 2 is 1.07 bits per heavy atom. The molecule has 0 spiro atoms. The molecule has 0 bridgehead atoms. The molecule has 0 aromatic heterocycles. The number of carbonyl (C=O) groups is 2. The van der Waals surface area contributed by atoms with Crippen molar-refractivity contribution in [1.29, 1.82) is 0 Å². The molecule has 0 N–H and O–H groups in total. The molecule has 2 aromatic carbocycles. The Balaban J connectivity index is 2.72. The molecule has 0 radical (unpaired) electrons. The molecule has 0 aliphatic heterocycles. The number of rotatable bonds is 6. The van der Waals surface area contributed by atoms with E-state index in [-0.39, 0.29) is 21.4 Å². The number of allylic oxidation sites excluding steroid dienone is 2. The van der Waals surface area contributed by atoms with Crippen LogP contribution < -0.4 is 0 Å². The first-order chi connectivity index (χ1) is 12.5. The predicted octanol–water partition coefficient (Wildman–Crippen LogP) is 4.65. The summed E-state index contributed by atoms with van der Waals surface area (Å²) in [7, 11) is -3.93. The number of hydrogen-bond acceptors (Lipinski definition) is 4. The van der Waals surface area contributed by atoms with Crippen molar-refractivity contribution >= 4 is 21.4 Å². The fourth-order valence-corrected chi connectivity index (χ4v) is 4.66. The second-order valence-corrected chi connectivity index (χ2v) is 8.47. The van der Waals surface area contributed by atoms with Crippen molar-refractivity contribution in [2.75, 3.05) is 0 Å². The van der Waals surface area contributed by atoms with E-state index in [1.54, 1.807) is 39.8 Å². The van der Waals surface area contributed by atoms with Gasteiger partial charge in [0.05, 0.1) is 9.79 Å². The maximum absolute atomic E-state index is 13.3. The summed E-state index contributed by atoms with van der Waals surface area (Å²) in [6.45, 7) is 13.6. The normalized spacial score (nSPS) is 11.1. The van der Waals surface area contributed by atoms with Gasteiger partial charge in [0, 0.05) is 11.1 Å². The van der Waals surface area contributed by atoms with Crippen molar-refractivity contribution < 1.29 is 18.0 Å². The van der Waals surface area contributed by atoms with Crippen LogP contribution >= 0.6 is 0 Å². The van der Waals surface area contributed by atoms with E-state index in [1.165, 1.54) is 24.3 Å². The van der Waals surface area contributed by atoms with Gasteiger partial charge in [-0.05, 0) is 62.1 Å². The second kappa shape index (κ2) is 7.45. The van der Waals surface area contributed by atoms with Crippen LogP contribution in [0.15, 0.2) is 70.5 Å². The molecule has 0 atom stereocenters. The molecule has 0 saturated carbocycles. The quantitative estimate of drug-likeness (QED) is 0.538. The zero-order valence-electron chi connectivity index (χ0n) is 15.9. The molecule has 0 saturated heterocycles. The Morgan fingerprint density at radius 3 is 1.37 bits per heavy atom. The number of ketones is 2. The lowest BCUT2D eigenvalue weighted by atomic mass is 10.0. The third-order valence-corrected chi connectivity index (χ3v) is 6.45. The standard InChI is InChI=1S/C22H22O4S/c1-13(2)21(23)17-9-7-11-19(15(17)5)27(25,26)20-12-8-10-18(16(20)6)22(24)14(3)4/h7-12H,1,3H2,2,4-6H3. The van der Waals surface area contributed by atoms with Gasteiger partial charge in [-0.2, -0.15) is 0 Å². The molecular formula is C22H22O4S. The highest BCUT2D eigenvalue weighted by atomic mass is 32.2. The molecule has 27 heavy (non-hydrogen) atoms. The molecule has 0 fully saturated rings. The lowest BCUT2D eigenvalue weighted by Crippen LogP contribution is -2.12. The zero-order valence-corrected chi connectivity index (χ0v) is 16.7. The summed E-state index contributed by atoms with van der Waals surface area (Å²) in [6, 6.07) is 9.17. The minimum absolute atomic E-state index is 0.0395. The maximum atomic E-state index is 13.3. The van der Waals surface area contributed by atoms with Gasteiger partial charge < -0.3 is 0 Å². The molecule has 0 heterocycles. The average Bonchev–Trinajstić information content (AvgIpc) is 2.60. The smallest absolute Gasteiger partial charge is 0.207 e. The van der Waals surface area contributed by atoms with Crippen LogP contribution in [0.3, 0.4) is 0 Å². The molecule has 2 rings (SSSR count).